The van der Waals surface area contributed by atoms with E-state index in [4.69, 9.17) is 0 Å². The van der Waals surface area contributed by atoms with Crippen LogP contribution in [0.3, 0.4) is 0 Å². The number of thiophene rings is 1. The summed E-state index contributed by atoms with van der Waals surface area (Å²) in [4.78, 5) is 36.1. The summed E-state index contributed by atoms with van der Waals surface area (Å²) in [5.41, 5.74) is 5.60. The number of aryl methyl sites for hydroxylation is 1. The van der Waals surface area contributed by atoms with Crippen LogP contribution in [0.25, 0.3) is 0 Å². The van der Waals surface area contributed by atoms with Crippen LogP contribution in [0.15, 0.2) is 11.4 Å². The van der Waals surface area contributed by atoms with E-state index in [1.807, 2.05) is 13.0 Å². The van der Waals surface area contributed by atoms with Gasteiger partial charge in [-0.1, -0.05) is 0 Å². The van der Waals surface area contributed by atoms with Gasteiger partial charge in [-0.3, -0.25) is 20.4 Å². The molecule has 0 saturated heterocycles. The fourth-order valence-corrected chi connectivity index (χ4v) is 4.69. The Labute approximate surface area is 131 Å². The Morgan fingerprint density at radius 2 is 1.86 bits per heavy atom. The first-order valence-corrected chi connectivity index (χ1v) is 8.22. The quantitative estimate of drug-likeness (QED) is 0.779. The Balaban J connectivity index is 1.63. The zero-order chi connectivity index (χ0) is 15.9. The zero-order valence-electron chi connectivity index (χ0n) is 12.1. The van der Waals surface area contributed by atoms with E-state index in [1.54, 1.807) is 5.38 Å². The molecule has 6 nitrogen and oxygen atoms in total. The molecule has 2 amide bonds. The van der Waals surface area contributed by atoms with Crippen molar-refractivity contribution in [3.63, 3.8) is 0 Å². The number of hydrogen-bond donors (Lipinski definition) is 2. The SMILES string of the molecule is Cc1ccsc1C(=O)NNC(=O)[C@H]1[C@H]2CC[C@@H](C2)[C@@H]1C(=O)[O-]. The molecule has 2 fully saturated rings. The van der Waals surface area contributed by atoms with Crippen molar-refractivity contribution in [3.05, 3.63) is 21.9 Å². The lowest BCUT2D eigenvalue weighted by Crippen LogP contribution is -2.50. The lowest BCUT2D eigenvalue weighted by Gasteiger charge is -2.30. The summed E-state index contributed by atoms with van der Waals surface area (Å²) in [6.07, 6.45) is 2.47. The second-order valence-electron chi connectivity index (χ2n) is 6.08. The minimum Gasteiger partial charge on any atom is -0.550 e. The summed E-state index contributed by atoms with van der Waals surface area (Å²) in [7, 11) is 0. The number of carbonyl (C=O) groups excluding carboxylic acids is 3. The average molecular weight is 321 g/mol. The summed E-state index contributed by atoms with van der Waals surface area (Å²) in [5, 5.41) is 13.1. The third-order valence-electron chi connectivity index (χ3n) is 4.86. The molecule has 2 saturated carbocycles. The highest BCUT2D eigenvalue weighted by molar-refractivity contribution is 7.12. The van der Waals surface area contributed by atoms with Crippen molar-refractivity contribution in [2.45, 2.75) is 26.2 Å². The van der Waals surface area contributed by atoms with Crippen LogP contribution in [-0.4, -0.2) is 17.8 Å². The molecule has 1 aromatic heterocycles. The normalized spacial score (nSPS) is 29.3. The maximum Gasteiger partial charge on any atom is 0.280 e. The molecule has 4 atom stereocenters. The predicted octanol–water partition coefficient (Wildman–Crippen LogP) is 0.230. The molecule has 2 aliphatic carbocycles. The molecule has 0 unspecified atom stereocenters. The van der Waals surface area contributed by atoms with Crippen LogP contribution in [0.4, 0.5) is 0 Å². The van der Waals surface area contributed by atoms with Crippen LogP contribution in [-0.2, 0) is 9.59 Å². The molecule has 2 bridgehead atoms. The second kappa shape index (κ2) is 5.72. The summed E-state index contributed by atoms with van der Waals surface area (Å²) in [6, 6.07) is 1.82. The summed E-state index contributed by atoms with van der Waals surface area (Å²) in [6.45, 7) is 1.81. The van der Waals surface area contributed by atoms with E-state index in [0.717, 1.165) is 24.8 Å². The monoisotopic (exact) mass is 321 g/mol. The van der Waals surface area contributed by atoms with Crippen LogP contribution < -0.4 is 16.0 Å². The van der Waals surface area contributed by atoms with Gasteiger partial charge in [-0.05, 0) is 55.0 Å². The minimum atomic E-state index is -1.16. The molecule has 2 N–H and O–H groups in total. The topological polar surface area (TPSA) is 98.3 Å². The fourth-order valence-electron chi connectivity index (χ4n) is 3.87. The molecule has 0 radical (unpaired) electrons. The molecular weight excluding hydrogens is 304 g/mol. The third kappa shape index (κ3) is 2.49. The Bertz CT molecular complexity index is 627. The van der Waals surface area contributed by atoms with Crippen molar-refractivity contribution in [2.75, 3.05) is 0 Å². The van der Waals surface area contributed by atoms with Gasteiger partial charge in [0.1, 0.15) is 0 Å². The number of carbonyl (C=O) groups is 3. The lowest BCUT2D eigenvalue weighted by atomic mass is 9.79. The van der Waals surface area contributed by atoms with Crippen molar-refractivity contribution < 1.29 is 19.5 Å². The van der Waals surface area contributed by atoms with Crippen molar-refractivity contribution >= 4 is 29.1 Å². The number of carboxylic acids is 1. The van der Waals surface area contributed by atoms with Crippen LogP contribution >= 0.6 is 11.3 Å². The first kappa shape index (κ1) is 15.0. The predicted molar refractivity (Wildman–Crippen MR) is 77.5 cm³/mol. The summed E-state index contributed by atoms with van der Waals surface area (Å²) in [5.74, 6) is -3.20. The van der Waals surface area contributed by atoms with Gasteiger partial charge in [0.15, 0.2) is 0 Å². The van der Waals surface area contributed by atoms with E-state index in [0.29, 0.717) is 4.88 Å². The van der Waals surface area contributed by atoms with Gasteiger partial charge in [0.05, 0.1) is 10.8 Å². The van der Waals surface area contributed by atoms with E-state index < -0.39 is 23.7 Å². The van der Waals surface area contributed by atoms with Gasteiger partial charge in [0.25, 0.3) is 5.91 Å². The first-order valence-electron chi connectivity index (χ1n) is 7.34. The molecule has 22 heavy (non-hydrogen) atoms. The van der Waals surface area contributed by atoms with Crippen LogP contribution in [0.5, 0.6) is 0 Å². The molecule has 0 aliphatic heterocycles. The number of amides is 2. The Morgan fingerprint density at radius 1 is 1.18 bits per heavy atom. The number of hydrogen-bond acceptors (Lipinski definition) is 5. The van der Waals surface area contributed by atoms with Gasteiger partial charge < -0.3 is 9.90 Å². The Kier molecular flexibility index (Phi) is 3.90. The van der Waals surface area contributed by atoms with Crippen molar-refractivity contribution in [1.29, 1.82) is 0 Å². The van der Waals surface area contributed by atoms with Gasteiger partial charge in [-0.25, -0.2) is 0 Å². The molecule has 3 rings (SSSR count). The highest BCUT2D eigenvalue weighted by Gasteiger charge is 2.51. The maximum absolute atomic E-state index is 12.3. The molecule has 7 heteroatoms. The summed E-state index contributed by atoms with van der Waals surface area (Å²) >= 11 is 1.29. The third-order valence-corrected chi connectivity index (χ3v) is 5.87. The van der Waals surface area contributed by atoms with Crippen LogP contribution in [0.1, 0.15) is 34.5 Å². The lowest BCUT2D eigenvalue weighted by molar-refractivity contribution is -0.314. The highest BCUT2D eigenvalue weighted by Crippen LogP contribution is 2.52. The number of hydrazine groups is 1. The number of fused-ring (bicyclic) bond motifs is 2. The molecule has 118 valence electrons. The first-order chi connectivity index (χ1) is 10.5. The number of nitrogens with one attached hydrogen (secondary N) is 2. The van der Waals surface area contributed by atoms with E-state index in [2.05, 4.69) is 10.9 Å². The Morgan fingerprint density at radius 3 is 2.45 bits per heavy atom. The van der Waals surface area contributed by atoms with Crippen molar-refractivity contribution in [2.24, 2.45) is 23.7 Å². The van der Waals surface area contributed by atoms with Gasteiger partial charge in [-0.2, -0.15) is 0 Å². The molecule has 2 aliphatic rings. The Hall–Kier alpha value is -1.89. The van der Waals surface area contributed by atoms with Crippen molar-refractivity contribution in [3.8, 4) is 0 Å². The average Bonchev–Trinajstić information content (AvgIpc) is 3.18. The van der Waals surface area contributed by atoms with Gasteiger partial charge in [0.2, 0.25) is 5.91 Å². The number of rotatable bonds is 3. The largest absolute Gasteiger partial charge is 0.550 e. The standard InChI is InChI=1S/C15H18N2O4S/c1-7-4-5-22-12(7)14(19)17-16-13(18)10-8-2-3-9(6-8)11(10)15(20)21/h4-5,8-11H,2-3,6H2,1H3,(H,16,18)(H,17,19)(H,20,21)/p-1/t8-,9-,10-,11-/m0/s1. The summed E-state index contributed by atoms with van der Waals surface area (Å²) < 4.78 is 0. The van der Waals surface area contributed by atoms with E-state index in [9.17, 15) is 19.5 Å². The maximum atomic E-state index is 12.3. The second-order valence-corrected chi connectivity index (χ2v) is 7.00. The van der Waals surface area contributed by atoms with E-state index in [-0.39, 0.29) is 17.7 Å². The minimum absolute atomic E-state index is 0.0287. The van der Waals surface area contributed by atoms with E-state index >= 15 is 0 Å². The number of carboxylic acid groups (broad SMARTS) is 1. The molecule has 1 heterocycles. The van der Waals surface area contributed by atoms with Gasteiger partial charge in [0, 0.05) is 11.9 Å². The van der Waals surface area contributed by atoms with E-state index in [1.165, 1.54) is 11.3 Å². The molecular formula is C15H17N2O4S-. The molecule has 0 spiro atoms. The van der Waals surface area contributed by atoms with Gasteiger partial charge >= 0.3 is 0 Å². The van der Waals surface area contributed by atoms with Crippen molar-refractivity contribution in [1.82, 2.24) is 10.9 Å². The van der Waals surface area contributed by atoms with Gasteiger partial charge in [-0.15, -0.1) is 11.3 Å². The molecule has 0 aromatic carbocycles. The van der Waals surface area contributed by atoms with Crippen LogP contribution in [0, 0.1) is 30.6 Å². The zero-order valence-corrected chi connectivity index (χ0v) is 12.9. The smallest absolute Gasteiger partial charge is 0.280 e. The molecule has 1 aromatic rings. The van der Waals surface area contributed by atoms with Crippen LogP contribution in [0.2, 0.25) is 0 Å². The highest BCUT2D eigenvalue weighted by atomic mass is 32.1. The number of aliphatic carboxylic acids is 1. The fraction of sp³-hybridized carbons (Fsp3) is 0.533.